The SMILES string of the molecule is N#Cc1cc([N+](=O)[O-])c2noc(N)c2c1. The maximum atomic E-state index is 10.7. The summed E-state index contributed by atoms with van der Waals surface area (Å²) in [6.07, 6.45) is 0. The molecule has 1 aromatic carbocycles. The smallest absolute Gasteiger partial charge is 0.300 e. The van der Waals surface area contributed by atoms with Crippen LogP contribution in [0.25, 0.3) is 10.9 Å². The van der Waals surface area contributed by atoms with Gasteiger partial charge in [-0.05, 0) is 6.07 Å². The van der Waals surface area contributed by atoms with E-state index in [1.54, 1.807) is 6.07 Å². The minimum atomic E-state index is -0.634. The number of nitro benzene ring substituents is 1. The lowest BCUT2D eigenvalue weighted by Crippen LogP contribution is -1.91. The monoisotopic (exact) mass is 204 g/mol. The Kier molecular flexibility index (Phi) is 1.76. The van der Waals surface area contributed by atoms with Gasteiger partial charge in [-0.15, -0.1) is 0 Å². The summed E-state index contributed by atoms with van der Waals surface area (Å²) >= 11 is 0. The van der Waals surface area contributed by atoms with Crippen LogP contribution in [0.4, 0.5) is 11.6 Å². The van der Waals surface area contributed by atoms with E-state index < -0.39 is 4.92 Å². The molecule has 0 saturated heterocycles. The number of non-ortho nitro benzene ring substituents is 1. The second-order valence-electron chi connectivity index (χ2n) is 2.81. The van der Waals surface area contributed by atoms with Crippen molar-refractivity contribution < 1.29 is 9.45 Å². The van der Waals surface area contributed by atoms with Crippen molar-refractivity contribution in [3.8, 4) is 6.07 Å². The molecule has 0 amide bonds. The molecule has 0 aliphatic carbocycles. The lowest BCUT2D eigenvalue weighted by atomic mass is 10.1. The van der Waals surface area contributed by atoms with E-state index in [2.05, 4.69) is 9.68 Å². The second-order valence-corrected chi connectivity index (χ2v) is 2.81. The van der Waals surface area contributed by atoms with Crippen molar-refractivity contribution in [2.45, 2.75) is 0 Å². The van der Waals surface area contributed by atoms with Crippen molar-refractivity contribution in [1.82, 2.24) is 5.16 Å². The molecule has 0 atom stereocenters. The largest absolute Gasteiger partial charge is 0.367 e. The number of rotatable bonds is 1. The number of nitrogens with zero attached hydrogens (tertiary/aromatic N) is 3. The van der Waals surface area contributed by atoms with Gasteiger partial charge < -0.3 is 10.3 Å². The molecule has 2 N–H and O–H groups in total. The fraction of sp³-hybridized carbons (Fsp3) is 0. The van der Waals surface area contributed by atoms with Crippen LogP contribution in [-0.4, -0.2) is 10.1 Å². The number of hydrogen-bond donors (Lipinski definition) is 1. The fourth-order valence-electron chi connectivity index (χ4n) is 1.25. The lowest BCUT2D eigenvalue weighted by Gasteiger charge is -1.93. The van der Waals surface area contributed by atoms with Crippen molar-refractivity contribution in [2.24, 2.45) is 0 Å². The van der Waals surface area contributed by atoms with Crippen molar-refractivity contribution >= 4 is 22.5 Å². The van der Waals surface area contributed by atoms with E-state index in [1.807, 2.05) is 0 Å². The van der Waals surface area contributed by atoms with Crippen LogP contribution in [0.2, 0.25) is 0 Å². The normalized spacial score (nSPS) is 10.1. The molecule has 74 valence electrons. The van der Waals surface area contributed by atoms with Gasteiger partial charge in [0.05, 0.1) is 21.9 Å². The Morgan fingerprint density at radius 2 is 2.33 bits per heavy atom. The number of aromatic nitrogens is 1. The predicted octanol–water partition coefficient (Wildman–Crippen LogP) is 1.19. The molecular weight excluding hydrogens is 200 g/mol. The van der Waals surface area contributed by atoms with Gasteiger partial charge in [0, 0.05) is 6.07 Å². The molecule has 0 bridgehead atoms. The van der Waals surface area contributed by atoms with Crippen molar-refractivity contribution in [2.75, 3.05) is 5.73 Å². The number of nitriles is 1. The molecule has 0 radical (unpaired) electrons. The zero-order valence-corrected chi connectivity index (χ0v) is 7.30. The van der Waals surface area contributed by atoms with Crippen LogP contribution in [0.1, 0.15) is 5.56 Å². The first-order valence-electron chi connectivity index (χ1n) is 3.87. The maximum absolute atomic E-state index is 10.7. The summed E-state index contributed by atoms with van der Waals surface area (Å²) in [5, 5.41) is 23.1. The van der Waals surface area contributed by atoms with Crippen LogP contribution >= 0.6 is 0 Å². The van der Waals surface area contributed by atoms with E-state index in [1.165, 1.54) is 6.07 Å². The molecular formula is C8H4N4O3. The van der Waals surface area contributed by atoms with Gasteiger partial charge in [0.2, 0.25) is 5.88 Å². The number of fused-ring (bicyclic) bond motifs is 1. The summed E-state index contributed by atoms with van der Waals surface area (Å²) in [6.45, 7) is 0. The summed E-state index contributed by atoms with van der Waals surface area (Å²) in [6, 6.07) is 4.33. The van der Waals surface area contributed by atoms with E-state index in [4.69, 9.17) is 11.0 Å². The third-order valence-electron chi connectivity index (χ3n) is 1.92. The Morgan fingerprint density at radius 1 is 1.60 bits per heavy atom. The van der Waals surface area contributed by atoms with Gasteiger partial charge in [0.1, 0.15) is 0 Å². The topological polar surface area (TPSA) is 119 Å². The molecule has 15 heavy (non-hydrogen) atoms. The highest BCUT2D eigenvalue weighted by Crippen LogP contribution is 2.29. The summed E-state index contributed by atoms with van der Waals surface area (Å²) in [4.78, 5) is 10.0. The fourth-order valence-corrected chi connectivity index (χ4v) is 1.25. The van der Waals surface area contributed by atoms with Gasteiger partial charge in [0.25, 0.3) is 5.69 Å². The Morgan fingerprint density at radius 3 is 2.93 bits per heavy atom. The minimum absolute atomic E-state index is 0.0369. The Hall–Kier alpha value is -2.62. The Bertz CT molecular complexity index is 596. The van der Waals surface area contributed by atoms with Gasteiger partial charge in [-0.25, -0.2) is 0 Å². The molecule has 0 aliphatic heterocycles. The standard InChI is InChI=1S/C8H4N4O3/c9-3-4-1-5-7(11-15-8(5)10)6(2-4)12(13)14/h1-2H,10H2. The number of nitro groups is 1. The predicted molar refractivity (Wildman–Crippen MR) is 49.8 cm³/mol. The highest BCUT2D eigenvalue weighted by molar-refractivity contribution is 5.94. The first kappa shape index (κ1) is 8.96. The molecule has 0 fully saturated rings. The minimum Gasteiger partial charge on any atom is -0.367 e. The molecule has 0 unspecified atom stereocenters. The molecule has 7 nitrogen and oxygen atoms in total. The van der Waals surface area contributed by atoms with Crippen LogP contribution in [0.5, 0.6) is 0 Å². The van der Waals surface area contributed by atoms with Crippen molar-refractivity contribution in [3.05, 3.63) is 27.8 Å². The van der Waals surface area contributed by atoms with E-state index in [0.717, 1.165) is 6.07 Å². The van der Waals surface area contributed by atoms with Crippen LogP contribution in [-0.2, 0) is 0 Å². The highest BCUT2D eigenvalue weighted by atomic mass is 16.6. The zero-order chi connectivity index (χ0) is 11.0. The lowest BCUT2D eigenvalue weighted by molar-refractivity contribution is -0.383. The average molecular weight is 204 g/mol. The van der Waals surface area contributed by atoms with Gasteiger partial charge >= 0.3 is 0 Å². The summed E-state index contributed by atoms with van der Waals surface area (Å²) in [7, 11) is 0. The number of nitrogens with two attached hydrogens (primary N) is 1. The Labute approximate surface area is 82.8 Å². The molecule has 2 aromatic rings. The average Bonchev–Trinajstić information content (AvgIpc) is 2.59. The maximum Gasteiger partial charge on any atom is 0.300 e. The molecule has 0 aliphatic rings. The number of benzene rings is 1. The van der Waals surface area contributed by atoms with Gasteiger partial charge in [-0.1, -0.05) is 5.16 Å². The second kappa shape index (κ2) is 2.95. The third-order valence-corrected chi connectivity index (χ3v) is 1.92. The van der Waals surface area contributed by atoms with E-state index in [9.17, 15) is 10.1 Å². The van der Waals surface area contributed by atoms with Crippen LogP contribution in [0.15, 0.2) is 16.7 Å². The molecule has 0 spiro atoms. The molecule has 1 heterocycles. The van der Waals surface area contributed by atoms with E-state index in [-0.39, 0.29) is 28.0 Å². The van der Waals surface area contributed by atoms with Crippen LogP contribution in [0, 0.1) is 21.4 Å². The number of anilines is 1. The van der Waals surface area contributed by atoms with E-state index in [0.29, 0.717) is 0 Å². The van der Waals surface area contributed by atoms with Crippen LogP contribution in [0.3, 0.4) is 0 Å². The zero-order valence-electron chi connectivity index (χ0n) is 7.30. The summed E-state index contributed by atoms with van der Waals surface area (Å²) < 4.78 is 4.62. The third kappa shape index (κ3) is 1.24. The number of hydrogen-bond acceptors (Lipinski definition) is 6. The highest BCUT2D eigenvalue weighted by Gasteiger charge is 2.19. The van der Waals surface area contributed by atoms with E-state index >= 15 is 0 Å². The van der Waals surface area contributed by atoms with Gasteiger partial charge in [0.15, 0.2) is 5.52 Å². The summed E-state index contributed by atoms with van der Waals surface area (Å²) in [5.41, 5.74) is 5.32. The van der Waals surface area contributed by atoms with Crippen LogP contribution < -0.4 is 5.73 Å². The molecule has 1 aromatic heterocycles. The van der Waals surface area contributed by atoms with Crippen molar-refractivity contribution in [3.63, 3.8) is 0 Å². The Balaban J connectivity index is 2.90. The van der Waals surface area contributed by atoms with Crippen molar-refractivity contribution in [1.29, 1.82) is 5.26 Å². The number of nitrogen functional groups attached to an aromatic ring is 1. The van der Waals surface area contributed by atoms with Gasteiger partial charge in [-0.3, -0.25) is 10.1 Å². The molecule has 0 saturated carbocycles. The van der Waals surface area contributed by atoms with Gasteiger partial charge in [-0.2, -0.15) is 5.26 Å². The first-order valence-corrected chi connectivity index (χ1v) is 3.87. The molecule has 2 rings (SSSR count). The first-order chi connectivity index (χ1) is 7.13. The molecule has 7 heteroatoms. The summed E-state index contributed by atoms with van der Waals surface area (Å²) in [5.74, 6) is -0.0369. The quantitative estimate of drug-likeness (QED) is 0.550.